The maximum Gasteiger partial charge on any atom is 0.161 e. The summed E-state index contributed by atoms with van der Waals surface area (Å²) in [5.41, 5.74) is 2.19. The molecule has 1 fully saturated rings. The second kappa shape index (κ2) is 7.42. The molecule has 31 heavy (non-hydrogen) atoms. The first-order valence-electron chi connectivity index (χ1n) is 10.5. The lowest BCUT2D eigenvalue weighted by atomic mass is 9.99. The standard InChI is InChI=1S/C22H26N8O/c1-13(31)9-20-25-15(3)27-30(20)21-10-19(23-14(2)24-21)29-11-16(12-29)22-26-17-7-5-6-8-18(17)28(22)4/h5-8,10,13,16,31H,9,11-12H2,1-4H3/t13-/m0/s1. The van der Waals surface area contributed by atoms with Crippen LogP contribution in [0.15, 0.2) is 30.3 Å². The number of anilines is 1. The smallest absolute Gasteiger partial charge is 0.161 e. The maximum absolute atomic E-state index is 9.81. The van der Waals surface area contributed by atoms with Crippen LogP contribution in [0.1, 0.15) is 36.1 Å². The van der Waals surface area contributed by atoms with Gasteiger partial charge in [-0.05, 0) is 32.9 Å². The molecular formula is C22H26N8O. The Balaban J connectivity index is 1.40. The van der Waals surface area contributed by atoms with Gasteiger partial charge in [-0.25, -0.2) is 19.9 Å². The van der Waals surface area contributed by atoms with Crippen molar-refractivity contribution in [2.45, 2.75) is 39.2 Å². The number of rotatable bonds is 5. The van der Waals surface area contributed by atoms with E-state index >= 15 is 0 Å². The number of benzene rings is 1. The van der Waals surface area contributed by atoms with E-state index in [0.29, 0.717) is 35.6 Å². The lowest BCUT2D eigenvalue weighted by molar-refractivity contribution is 0.192. The predicted molar refractivity (Wildman–Crippen MR) is 117 cm³/mol. The van der Waals surface area contributed by atoms with Gasteiger partial charge in [0.15, 0.2) is 5.82 Å². The first-order chi connectivity index (χ1) is 14.9. The molecule has 9 nitrogen and oxygen atoms in total. The molecule has 0 radical (unpaired) electrons. The van der Waals surface area contributed by atoms with E-state index in [0.717, 1.165) is 35.8 Å². The Hall–Kier alpha value is -3.33. The van der Waals surface area contributed by atoms with Crippen LogP contribution in [-0.2, 0) is 13.5 Å². The van der Waals surface area contributed by atoms with Crippen molar-refractivity contribution < 1.29 is 5.11 Å². The van der Waals surface area contributed by atoms with Crippen LogP contribution in [0.25, 0.3) is 16.9 Å². The third-order valence-corrected chi connectivity index (χ3v) is 5.68. The van der Waals surface area contributed by atoms with E-state index in [1.165, 1.54) is 0 Å². The van der Waals surface area contributed by atoms with E-state index in [4.69, 9.17) is 4.98 Å². The fourth-order valence-corrected chi connectivity index (χ4v) is 4.20. The molecular weight excluding hydrogens is 392 g/mol. The van der Waals surface area contributed by atoms with Crippen molar-refractivity contribution >= 4 is 16.9 Å². The Kier molecular flexibility index (Phi) is 4.70. The molecule has 5 rings (SSSR count). The van der Waals surface area contributed by atoms with Crippen LogP contribution >= 0.6 is 0 Å². The molecule has 160 valence electrons. The Morgan fingerprint density at radius 1 is 1.03 bits per heavy atom. The third kappa shape index (κ3) is 3.54. The van der Waals surface area contributed by atoms with Crippen molar-refractivity contribution in [1.29, 1.82) is 0 Å². The monoisotopic (exact) mass is 418 g/mol. The summed E-state index contributed by atoms with van der Waals surface area (Å²) >= 11 is 0. The largest absolute Gasteiger partial charge is 0.393 e. The van der Waals surface area contributed by atoms with Gasteiger partial charge in [0.2, 0.25) is 0 Å². The number of aromatic nitrogens is 7. The zero-order valence-electron chi connectivity index (χ0n) is 18.2. The van der Waals surface area contributed by atoms with Gasteiger partial charge < -0.3 is 14.6 Å². The number of aryl methyl sites for hydroxylation is 3. The number of aliphatic hydroxyl groups is 1. The summed E-state index contributed by atoms with van der Waals surface area (Å²) < 4.78 is 3.90. The highest BCUT2D eigenvalue weighted by Gasteiger charge is 2.33. The highest BCUT2D eigenvalue weighted by atomic mass is 16.3. The Labute approximate surface area is 180 Å². The van der Waals surface area contributed by atoms with Crippen LogP contribution in [0.3, 0.4) is 0 Å². The topological polar surface area (TPSA) is 97.8 Å². The predicted octanol–water partition coefficient (Wildman–Crippen LogP) is 2.09. The SMILES string of the molecule is Cc1nc(N2CC(c3nc4ccccc4n3C)C2)cc(-n2nc(C)nc2C[C@H](C)O)n1. The molecule has 1 aliphatic rings. The number of hydrogen-bond donors (Lipinski definition) is 1. The maximum atomic E-state index is 9.81. The van der Waals surface area contributed by atoms with E-state index in [9.17, 15) is 5.11 Å². The van der Waals surface area contributed by atoms with Crippen LogP contribution in [0.5, 0.6) is 0 Å². The van der Waals surface area contributed by atoms with Crippen molar-refractivity contribution in [3.63, 3.8) is 0 Å². The van der Waals surface area contributed by atoms with E-state index in [-0.39, 0.29) is 0 Å². The van der Waals surface area contributed by atoms with Gasteiger partial charge in [0.25, 0.3) is 0 Å². The highest BCUT2D eigenvalue weighted by Crippen LogP contribution is 2.32. The lowest BCUT2D eigenvalue weighted by Crippen LogP contribution is -2.46. The Bertz CT molecular complexity index is 1250. The number of imidazole rings is 1. The minimum absolute atomic E-state index is 0.357. The lowest BCUT2D eigenvalue weighted by Gasteiger charge is -2.39. The fourth-order valence-electron chi connectivity index (χ4n) is 4.20. The van der Waals surface area contributed by atoms with Crippen molar-refractivity contribution in [2.24, 2.45) is 7.05 Å². The minimum atomic E-state index is -0.505. The molecule has 1 aliphatic heterocycles. The van der Waals surface area contributed by atoms with Crippen LogP contribution in [-0.4, -0.2) is 58.6 Å². The molecule has 1 aromatic carbocycles. The molecule has 0 spiro atoms. The van der Waals surface area contributed by atoms with Gasteiger partial charge in [-0.3, -0.25) is 0 Å². The molecule has 1 atom stereocenters. The van der Waals surface area contributed by atoms with Gasteiger partial charge in [0.05, 0.1) is 23.1 Å². The number of para-hydroxylation sites is 2. The molecule has 4 heterocycles. The van der Waals surface area contributed by atoms with E-state index in [1.807, 2.05) is 32.0 Å². The molecule has 0 amide bonds. The average Bonchev–Trinajstić information content (AvgIpc) is 3.20. The van der Waals surface area contributed by atoms with Crippen LogP contribution in [0, 0.1) is 13.8 Å². The number of fused-ring (bicyclic) bond motifs is 1. The molecule has 9 heteroatoms. The van der Waals surface area contributed by atoms with Crippen molar-refractivity contribution in [3.05, 3.63) is 53.6 Å². The number of hydrogen-bond acceptors (Lipinski definition) is 7. The van der Waals surface area contributed by atoms with E-state index < -0.39 is 6.10 Å². The summed E-state index contributed by atoms with van der Waals surface area (Å²) in [7, 11) is 2.08. The Morgan fingerprint density at radius 3 is 2.52 bits per heavy atom. The molecule has 1 saturated heterocycles. The third-order valence-electron chi connectivity index (χ3n) is 5.68. The van der Waals surface area contributed by atoms with E-state index in [2.05, 4.69) is 48.7 Å². The summed E-state index contributed by atoms with van der Waals surface area (Å²) in [6.07, 6.45) is -0.0910. The van der Waals surface area contributed by atoms with Crippen molar-refractivity contribution in [3.8, 4) is 5.82 Å². The van der Waals surface area contributed by atoms with Gasteiger partial charge in [0.1, 0.15) is 29.1 Å². The molecule has 0 bridgehead atoms. The first-order valence-corrected chi connectivity index (χ1v) is 10.5. The van der Waals surface area contributed by atoms with Crippen LogP contribution in [0.4, 0.5) is 5.82 Å². The second-order valence-electron chi connectivity index (χ2n) is 8.29. The van der Waals surface area contributed by atoms with Crippen molar-refractivity contribution in [1.82, 2.24) is 34.3 Å². The van der Waals surface area contributed by atoms with Gasteiger partial charge >= 0.3 is 0 Å². The second-order valence-corrected chi connectivity index (χ2v) is 8.29. The van der Waals surface area contributed by atoms with Crippen LogP contribution < -0.4 is 4.90 Å². The summed E-state index contributed by atoms with van der Waals surface area (Å²) in [5, 5.41) is 14.3. The molecule has 3 aromatic heterocycles. The molecule has 4 aromatic rings. The molecule has 0 aliphatic carbocycles. The summed E-state index contributed by atoms with van der Waals surface area (Å²) in [6.45, 7) is 7.17. The van der Waals surface area contributed by atoms with Gasteiger partial charge in [-0.15, -0.1) is 5.10 Å². The highest BCUT2D eigenvalue weighted by molar-refractivity contribution is 5.76. The number of aliphatic hydroxyl groups excluding tert-OH is 1. The number of nitrogens with zero attached hydrogens (tertiary/aromatic N) is 8. The quantitative estimate of drug-likeness (QED) is 0.530. The normalized spacial score (nSPS) is 15.5. The van der Waals surface area contributed by atoms with E-state index in [1.54, 1.807) is 11.6 Å². The first kappa shape index (κ1) is 19.6. The summed E-state index contributed by atoms with van der Waals surface area (Å²) in [6, 6.07) is 10.2. The zero-order valence-corrected chi connectivity index (χ0v) is 18.2. The van der Waals surface area contributed by atoms with Gasteiger partial charge in [0, 0.05) is 32.6 Å². The van der Waals surface area contributed by atoms with Gasteiger partial charge in [-0.2, -0.15) is 4.68 Å². The molecule has 0 unspecified atom stereocenters. The Morgan fingerprint density at radius 2 is 1.77 bits per heavy atom. The summed E-state index contributed by atoms with van der Waals surface area (Å²) in [5.74, 6) is 5.02. The minimum Gasteiger partial charge on any atom is -0.393 e. The van der Waals surface area contributed by atoms with Gasteiger partial charge in [-0.1, -0.05) is 12.1 Å². The molecule has 1 N–H and O–H groups in total. The zero-order chi connectivity index (χ0) is 21.7. The average molecular weight is 419 g/mol. The fraction of sp³-hybridized carbons (Fsp3) is 0.409. The summed E-state index contributed by atoms with van der Waals surface area (Å²) in [4.78, 5) is 20.8. The van der Waals surface area contributed by atoms with Crippen LogP contribution in [0.2, 0.25) is 0 Å². The van der Waals surface area contributed by atoms with Crippen molar-refractivity contribution in [2.75, 3.05) is 18.0 Å². The molecule has 0 saturated carbocycles.